The normalized spacial score (nSPS) is 47.9. The zero-order valence-electron chi connectivity index (χ0n) is 18.3. The molecule has 4 aliphatic carbocycles. The first-order chi connectivity index (χ1) is 13.6. The molecule has 0 heterocycles. The number of allylic oxidation sites excluding steroid dienone is 1. The molecule has 0 spiro atoms. The van der Waals surface area contributed by atoms with Crippen LogP contribution in [-0.4, -0.2) is 28.1 Å². The average molecular weight is 403 g/mol. The van der Waals surface area contributed by atoms with Gasteiger partial charge in [-0.25, -0.2) is 0 Å². The number of hydrogen-bond acceptors (Lipinski definition) is 3. The van der Waals surface area contributed by atoms with Gasteiger partial charge in [-0.05, 0) is 97.4 Å². The highest BCUT2D eigenvalue weighted by molar-refractivity contribution is 5.99. The molecular weight excluding hydrogens is 364 g/mol. The third kappa shape index (κ3) is 3.12. The van der Waals surface area contributed by atoms with Gasteiger partial charge in [0.15, 0.2) is 5.78 Å². The topological polar surface area (TPSA) is 74.6 Å². The van der Waals surface area contributed by atoms with Crippen molar-refractivity contribution in [3.05, 3.63) is 12.2 Å². The summed E-state index contributed by atoms with van der Waals surface area (Å²) in [6.45, 7) is 11.2. The summed E-state index contributed by atoms with van der Waals surface area (Å²) in [6.07, 6.45) is 7.63. The number of ketones is 1. The van der Waals surface area contributed by atoms with Gasteiger partial charge in [0.2, 0.25) is 0 Å². The molecular formula is C25H38O4. The van der Waals surface area contributed by atoms with Crippen LogP contribution in [0.1, 0.15) is 78.6 Å². The second-order valence-corrected chi connectivity index (χ2v) is 11.3. The molecule has 4 fully saturated rings. The summed E-state index contributed by atoms with van der Waals surface area (Å²) in [5.41, 5.74) is 0.995. The first-order valence-corrected chi connectivity index (χ1v) is 11.7. The molecule has 0 bridgehead atoms. The quantitative estimate of drug-likeness (QED) is 0.659. The van der Waals surface area contributed by atoms with Crippen LogP contribution in [-0.2, 0) is 9.59 Å². The van der Waals surface area contributed by atoms with E-state index in [-0.39, 0.29) is 41.0 Å². The number of Topliss-reactive ketones (excluding diaryl/α,β-unsaturated/α-hetero) is 1. The van der Waals surface area contributed by atoms with Crippen LogP contribution in [0.3, 0.4) is 0 Å². The monoisotopic (exact) mass is 402 g/mol. The minimum absolute atomic E-state index is 0.0782. The zero-order valence-corrected chi connectivity index (χ0v) is 18.3. The number of carboxylic acid groups (broad SMARTS) is 1. The molecule has 0 aromatic carbocycles. The Bertz CT molecular complexity index is 714. The third-order valence-corrected chi connectivity index (χ3v) is 10.1. The van der Waals surface area contributed by atoms with Gasteiger partial charge in [0.25, 0.3) is 0 Å². The minimum atomic E-state index is -0.711. The van der Waals surface area contributed by atoms with Crippen LogP contribution >= 0.6 is 0 Å². The fourth-order valence-electron chi connectivity index (χ4n) is 8.45. The summed E-state index contributed by atoms with van der Waals surface area (Å²) in [5, 5.41) is 19.4. The number of hydrogen-bond donors (Lipinski definition) is 2. The molecule has 4 unspecified atom stereocenters. The van der Waals surface area contributed by atoms with Crippen molar-refractivity contribution in [2.45, 2.75) is 84.7 Å². The number of carbonyl (C=O) groups is 2. The molecule has 0 aliphatic heterocycles. The molecule has 0 aromatic rings. The highest BCUT2D eigenvalue weighted by Gasteiger charge is 2.63. The van der Waals surface area contributed by atoms with Gasteiger partial charge in [0.05, 0.1) is 6.10 Å². The smallest absolute Gasteiger partial charge is 0.303 e. The van der Waals surface area contributed by atoms with Crippen LogP contribution in [0.15, 0.2) is 12.2 Å². The summed E-state index contributed by atoms with van der Waals surface area (Å²) in [5.74, 6) is 1.47. The second kappa shape index (κ2) is 7.21. The van der Waals surface area contributed by atoms with Crippen molar-refractivity contribution in [3.8, 4) is 0 Å². The summed E-state index contributed by atoms with van der Waals surface area (Å²) >= 11 is 0. The Morgan fingerprint density at radius 2 is 1.79 bits per heavy atom. The van der Waals surface area contributed by atoms with E-state index >= 15 is 0 Å². The SMILES string of the molecule is C=C1C(=O)C2C(CC[C@@]3(C)C2CC[C@@H]3[C@H](C)CCC(=O)O)[C@@]2(C)CC[C@@H](O)CC12. The predicted octanol–water partition coefficient (Wildman–Crippen LogP) is 4.85. The van der Waals surface area contributed by atoms with Gasteiger partial charge in [0, 0.05) is 12.3 Å². The minimum Gasteiger partial charge on any atom is -0.481 e. The lowest BCUT2D eigenvalue weighted by atomic mass is 9.43. The van der Waals surface area contributed by atoms with Crippen LogP contribution in [0, 0.1) is 46.3 Å². The lowest BCUT2D eigenvalue weighted by molar-refractivity contribution is -0.149. The first-order valence-electron chi connectivity index (χ1n) is 11.7. The van der Waals surface area contributed by atoms with Gasteiger partial charge in [-0.2, -0.15) is 0 Å². The molecule has 0 saturated heterocycles. The maximum atomic E-state index is 13.6. The van der Waals surface area contributed by atoms with Crippen LogP contribution in [0.25, 0.3) is 0 Å². The molecule has 0 radical (unpaired) electrons. The number of rotatable bonds is 4. The number of aliphatic hydroxyl groups excluding tert-OH is 1. The molecule has 2 N–H and O–H groups in total. The summed E-state index contributed by atoms with van der Waals surface area (Å²) in [4.78, 5) is 24.6. The Balaban J connectivity index is 1.61. The molecule has 4 heteroatoms. The van der Waals surface area contributed by atoms with E-state index in [2.05, 4.69) is 27.4 Å². The number of fused-ring (bicyclic) bond motifs is 5. The van der Waals surface area contributed by atoms with Crippen LogP contribution in [0.4, 0.5) is 0 Å². The molecule has 4 aliphatic rings. The van der Waals surface area contributed by atoms with Crippen molar-refractivity contribution in [2.24, 2.45) is 46.3 Å². The Hall–Kier alpha value is -1.16. The first kappa shape index (κ1) is 21.1. The predicted molar refractivity (Wildman–Crippen MR) is 112 cm³/mol. The Morgan fingerprint density at radius 3 is 2.48 bits per heavy atom. The molecule has 4 rings (SSSR count). The molecule has 4 nitrogen and oxygen atoms in total. The number of carboxylic acids is 1. The summed E-state index contributed by atoms with van der Waals surface area (Å²) < 4.78 is 0. The van der Waals surface area contributed by atoms with E-state index in [0.29, 0.717) is 30.1 Å². The van der Waals surface area contributed by atoms with Crippen molar-refractivity contribution < 1.29 is 19.8 Å². The Kier molecular flexibility index (Phi) is 5.25. The molecule has 29 heavy (non-hydrogen) atoms. The number of carbonyl (C=O) groups excluding carboxylic acids is 1. The van der Waals surface area contributed by atoms with E-state index in [1.54, 1.807) is 0 Å². The summed E-state index contributed by atoms with van der Waals surface area (Å²) in [7, 11) is 0. The van der Waals surface area contributed by atoms with E-state index in [0.717, 1.165) is 50.5 Å². The van der Waals surface area contributed by atoms with Crippen molar-refractivity contribution in [1.82, 2.24) is 0 Å². The molecule has 162 valence electrons. The van der Waals surface area contributed by atoms with Gasteiger partial charge in [-0.3, -0.25) is 9.59 Å². The van der Waals surface area contributed by atoms with Gasteiger partial charge in [-0.1, -0.05) is 27.4 Å². The zero-order chi connectivity index (χ0) is 21.1. The standard InChI is InChI=1S/C25H38O4/c1-14(5-8-21(27)28)17-6-7-18-22-19(10-12-24(17,18)3)25(4)11-9-16(26)13-20(25)15(2)23(22)29/h14,16-20,22,26H,2,5-13H2,1,3-4H3,(H,27,28)/t14-,16-,17-,18?,19?,20?,22?,24-,25-/m1/s1. The third-order valence-electron chi connectivity index (χ3n) is 10.1. The van der Waals surface area contributed by atoms with E-state index in [4.69, 9.17) is 5.11 Å². The second-order valence-electron chi connectivity index (χ2n) is 11.3. The van der Waals surface area contributed by atoms with E-state index < -0.39 is 5.97 Å². The molecule has 9 atom stereocenters. The molecule has 0 aromatic heterocycles. The number of aliphatic carboxylic acids is 1. The van der Waals surface area contributed by atoms with Gasteiger partial charge in [0.1, 0.15) is 0 Å². The van der Waals surface area contributed by atoms with Gasteiger partial charge in [-0.15, -0.1) is 0 Å². The molecule has 4 saturated carbocycles. The van der Waals surface area contributed by atoms with Gasteiger partial charge < -0.3 is 10.2 Å². The van der Waals surface area contributed by atoms with Crippen LogP contribution in [0.2, 0.25) is 0 Å². The van der Waals surface area contributed by atoms with Crippen molar-refractivity contribution in [2.75, 3.05) is 0 Å². The Morgan fingerprint density at radius 1 is 1.14 bits per heavy atom. The Labute approximate surface area is 175 Å². The van der Waals surface area contributed by atoms with Crippen LogP contribution in [0.5, 0.6) is 0 Å². The highest BCUT2D eigenvalue weighted by atomic mass is 16.4. The number of aliphatic hydroxyl groups is 1. The van der Waals surface area contributed by atoms with Gasteiger partial charge >= 0.3 is 5.97 Å². The maximum Gasteiger partial charge on any atom is 0.303 e. The fourth-order valence-corrected chi connectivity index (χ4v) is 8.45. The maximum absolute atomic E-state index is 13.6. The van der Waals surface area contributed by atoms with Crippen LogP contribution < -0.4 is 0 Å². The van der Waals surface area contributed by atoms with Crippen molar-refractivity contribution in [1.29, 1.82) is 0 Å². The lowest BCUT2D eigenvalue weighted by Gasteiger charge is -2.60. The molecule has 0 amide bonds. The fraction of sp³-hybridized carbons (Fsp3) is 0.840. The van der Waals surface area contributed by atoms with Crippen molar-refractivity contribution in [3.63, 3.8) is 0 Å². The average Bonchev–Trinajstić information content (AvgIpc) is 3.02. The summed E-state index contributed by atoms with van der Waals surface area (Å²) in [6, 6.07) is 0. The largest absolute Gasteiger partial charge is 0.481 e. The lowest BCUT2D eigenvalue weighted by Crippen LogP contribution is -2.58. The van der Waals surface area contributed by atoms with E-state index in [9.17, 15) is 14.7 Å². The highest BCUT2D eigenvalue weighted by Crippen LogP contribution is 2.68. The van der Waals surface area contributed by atoms with Crippen molar-refractivity contribution >= 4 is 11.8 Å². The van der Waals surface area contributed by atoms with E-state index in [1.807, 2.05) is 0 Å². The van der Waals surface area contributed by atoms with E-state index in [1.165, 1.54) is 0 Å².